The Labute approximate surface area is 130 Å². The standard InChI is InChI=1S/C13H17BrINO2/c1-3-5-12(13(17)18-4-2)16-9-6-7-11(15)10(14)8-9/h6-8,12,16H,3-5H2,1-2H3. The first-order chi connectivity index (χ1) is 8.58. The smallest absolute Gasteiger partial charge is 0.328 e. The van der Waals surface area contributed by atoms with Gasteiger partial charge in [-0.25, -0.2) is 4.79 Å². The number of carbonyl (C=O) groups excluding carboxylic acids is 1. The maximum Gasteiger partial charge on any atom is 0.328 e. The fraction of sp³-hybridized carbons (Fsp3) is 0.462. The molecule has 0 aliphatic carbocycles. The molecule has 18 heavy (non-hydrogen) atoms. The second-order valence-corrected chi connectivity index (χ2v) is 5.88. The summed E-state index contributed by atoms with van der Waals surface area (Å²) in [4.78, 5) is 11.8. The molecule has 0 saturated heterocycles. The molecule has 0 heterocycles. The number of hydrogen-bond donors (Lipinski definition) is 1. The molecule has 0 aliphatic rings. The number of halogens is 2. The highest BCUT2D eigenvalue weighted by Gasteiger charge is 2.18. The molecule has 0 saturated carbocycles. The number of rotatable bonds is 6. The highest BCUT2D eigenvalue weighted by molar-refractivity contribution is 14.1. The maximum absolute atomic E-state index is 11.8. The Hall–Kier alpha value is -0.300. The Balaban J connectivity index is 2.76. The summed E-state index contributed by atoms with van der Waals surface area (Å²) >= 11 is 5.73. The van der Waals surface area contributed by atoms with E-state index in [1.165, 1.54) is 0 Å². The summed E-state index contributed by atoms with van der Waals surface area (Å²) < 4.78 is 7.23. The normalized spacial score (nSPS) is 12.0. The van der Waals surface area contributed by atoms with Crippen LogP contribution in [0.3, 0.4) is 0 Å². The van der Waals surface area contributed by atoms with Crippen molar-refractivity contribution < 1.29 is 9.53 Å². The van der Waals surface area contributed by atoms with Gasteiger partial charge in [0.1, 0.15) is 6.04 Å². The number of benzene rings is 1. The third-order valence-corrected chi connectivity index (χ3v) is 4.75. The molecule has 0 bridgehead atoms. The van der Waals surface area contributed by atoms with E-state index < -0.39 is 0 Å². The van der Waals surface area contributed by atoms with Crippen LogP contribution in [0.4, 0.5) is 5.69 Å². The van der Waals surface area contributed by atoms with Gasteiger partial charge >= 0.3 is 5.97 Å². The van der Waals surface area contributed by atoms with Crippen LogP contribution in [-0.2, 0) is 9.53 Å². The molecule has 0 radical (unpaired) electrons. The zero-order chi connectivity index (χ0) is 13.5. The zero-order valence-electron chi connectivity index (χ0n) is 10.5. The SMILES string of the molecule is CCCC(Nc1ccc(I)c(Br)c1)C(=O)OCC. The summed E-state index contributed by atoms with van der Waals surface area (Å²) in [7, 11) is 0. The largest absolute Gasteiger partial charge is 0.464 e. The van der Waals surface area contributed by atoms with Gasteiger partial charge in [-0.2, -0.15) is 0 Å². The van der Waals surface area contributed by atoms with Crippen LogP contribution >= 0.6 is 38.5 Å². The monoisotopic (exact) mass is 425 g/mol. The van der Waals surface area contributed by atoms with Crippen LogP contribution in [0.1, 0.15) is 26.7 Å². The molecule has 1 unspecified atom stereocenters. The van der Waals surface area contributed by atoms with Gasteiger partial charge in [0.25, 0.3) is 0 Å². The number of anilines is 1. The molecular weight excluding hydrogens is 409 g/mol. The summed E-state index contributed by atoms with van der Waals surface area (Å²) in [5.74, 6) is -0.186. The Morgan fingerprint density at radius 1 is 1.50 bits per heavy atom. The van der Waals surface area contributed by atoms with Gasteiger partial charge in [0.05, 0.1) is 6.61 Å². The van der Waals surface area contributed by atoms with Crippen molar-refractivity contribution in [1.29, 1.82) is 0 Å². The van der Waals surface area contributed by atoms with E-state index in [2.05, 4.69) is 50.8 Å². The summed E-state index contributed by atoms with van der Waals surface area (Å²) in [5, 5.41) is 3.22. The minimum absolute atomic E-state index is 0.186. The van der Waals surface area contributed by atoms with Crippen molar-refractivity contribution in [3.63, 3.8) is 0 Å². The Bertz CT molecular complexity index is 412. The molecular formula is C13H17BrINO2. The maximum atomic E-state index is 11.8. The summed E-state index contributed by atoms with van der Waals surface area (Å²) in [6, 6.07) is 5.67. The molecule has 0 spiro atoms. The molecule has 5 heteroatoms. The van der Waals surface area contributed by atoms with Crippen molar-refractivity contribution in [2.45, 2.75) is 32.7 Å². The van der Waals surface area contributed by atoms with Crippen LogP contribution in [-0.4, -0.2) is 18.6 Å². The predicted octanol–water partition coefficient (Wildman–Crippen LogP) is 4.20. The van der Waals surface area contributed by atoms with Crippen molar-refractivity contribution >= 4 is 50.2 Å². The second kappa shape index (κ2) is 7.99. The molecule has 0 fully saturated rings. The molecule has 1 N–H and O–H groups in total. The molecule has 1 rings (SSSR count). The Kier molecular flexibility index (Phi) is 6.99. The van der Waals surface area contributed by atoms with Crippen molar-refractivity contribution in [3.05, 3.63) is 26.2 Å². The van der Waals surface area contributed by atoms with E-state index in [9.17, 15) is 4.79 Å². The van der Waals surface area contributed by atoms with Crippen molar-refractivity contribution in [2.24, 2.45) is 0 Å². The van der Waals surface area contributed by atoms with Gasteiger partial charge < -0.3 is 10.1 Å². The second-order valence-electron chi connectivity index (χ2n) is 3.87. The lowest BCUT2D eigenvalue weighted by atomic mass is 10.1. The van der Waals surface area contributed by atoms with E-state index in [1.54, 1.807) is 0 Å². The van der Waals surface area contributed by atoms with Gasteiger partial charge in [-0.1, -0.05) is 13.3 Å². The fourth-order valence-electron chi connectivity index (χ4n) is 1.57. The lowest BCUT2D eigenvalue weighted by molar-refractivity contribution is -0.144. The molecule has 0 aliphatic heterocycles. The first-order valence-corrected chi connectivity index (χ1v) is 7.83. The Morgan fingerprint density at radius 2 is 2.22 bits per heavy atom. The number of hydrogen-bond acceptors (Lipinski definition) is 3. The van der Waals surface area contributed by atoms with Gasteiger partial charge in [0.2, 0.25) is 0 Å². The van der Waals surface area contributed by atoms with Gasteiger partial charge in [-0.15, -0.1) is 0 Å². The van der Waals surface area contributed by atoms with Gasteiger partial charge in [0.15, 0.2) is 0 Å². The fourth-order valence-corrected chi connectivity index (χ4v) is 2.28. The van der Waals surface area contributed by atoms with Crippen LogP contribution in [0, 0.1) is 3.57 Å². The van der Waals surface area contributed by atoms with E-state index in [-0.39, 0.29) is 12.0 Å². The van der Waals surface area contributed by atoms with Crippen LogP contribution in [0.15, 0.2) is 22.7 Å². The number of esters is 1. The molecule has 0 amide bonds. The molecule has 3 nitrogen and oxygen atoms in total. The van der Waals surface area contributed by atoms with Crippen LogP contribution < -0.4 is 5.32 Å². The third-order valence-electron chi connectivity index (χ3n) is 2.41. The zero-order valence-corrected chi connectivity index (χ0v) is 14.2. The topological polar surface area (TPSA) is 38.3 Å². The van der Waals surface area contributed by atoms with E-state index >= 15 is 0 Å². The average molecular weight is 426 g/mol. The number of carbonyl (C=O) groups is 1. The van der Waals surface area contributed by atoms with Gasteiger partial charge in [-0.3, -0.25) is 0 Å². The van der Waals surface area contributed by atoms with Crippen LogP contribution in [0.5, 0.6) is 0 Å². The molecule has 1 aromatic carbocycles. The minimum atomic E-state index is -0.276. The highest BCUT2D eigenvalue weighted by atomic mass is 127. The van der Waals surface area contributed by atoms with Crippen LogP contribution in [0.25, 0.3) is 0 Å². The average Bonchev–Trinajstić information content (AvgIpc) is 2.33. The van der Waals surface area contributed by atoms with E-state index in [0.29, 0.717) is 6.61 Å². The molecule has 100 valence electrons. The van der Waals surface area contributed by atoms with Crippen molar-refractivity contribution in [2.75, 3.05) is 11.9 Å². The third kappa shape index (κ3) is 4.76. The quantitative estimate of drug-likeness (QED) is 0.548. The Morgan fingerprint density at radius 3 is 2.78 bits per heavy atom. The predicted molar refractivity (Wildman–Crippen MR) is 85.8 cm³/mol. The van der Waals surface area contributed by atoms with Crippen LogP contribution in [0.2, 0.25) is 0 Å². The summed E-state index contributed by atoms with van der Waals surface area (Å²) in [6.45, 7) is 4.29. The first kappa shape index (κ1) is 15.8. The summed E-state index contributed by atoms with van der Waals surface area (Å²) in [5.41, 5.74) is 0.925. The lowest BCUT2D eigenvalue weighted by Gasteiger charge is -2.18. The number of ether oxygens (including phenoxy) is 1. The molecule has 1 atom stereocenters. The van der Waals surface area contributed by atoms with Gasteiger partial charge in [0, 0.05) is 13.7 Å². The van der Waals surface area contributed by atoms with Crippen molar-refractivity contribution in [3.8, 4) is 0 Å². The molecule has 1 aromatic rings. The minimum Gasteiger partial charge on any atom is -0.464 e. The van der Waals surface area contributed by atoms with E-state index in [4.69, 9.17) is 4.74 Å². The molecule has 0 aromatic heterocycles. The lowest BCUT2D eigenvalue weighted by Crippen LogP contribution is -2.31. The van der Waals surface area contributed by atoms with Gasteiger partial charge in [-0.05, 0) is 70.1 Å². The van der Waals surface area contributed by atoms with E-state index in [1.807, 2.05) is 25.1 Å². The number of nitrogens with one attached hydrogen (secondary N) is 1. The first-order valence-electron chi connectivity index (χ1n) is 5.96. The van der Waals surface area contributed by atoms with E-state index in [0.717, 1.165) is 26.6 Å². The highest BCUT2D eigenvalue weighted by Crippen LogP contribution is 2.23. The van der Waals surface area contributed by atoms with Crippen molar-refractivity contribution in [1.82, 2.24) is 0 Å². The summed E-state index contributed by atoms with van der Waals surface area (Å²) in [6.07, 6.45) is 1.70.